The second-order valence-electron chi connectivity index (χ2n) is 4.77. The second-order valence-corrected chi connectivity index (χ2v) is 6.90. The van der Waals surface area contributed by atoms with Crippen LogP contribution in [0.3, 0.4) is 0 Å². The molecule has 24 heavy (non-hydrogen) atoms. The number of nitrogens with zero attached hydrogens (tertiary/aromatic N) is 3. The van der Waals surface area contributed by atoms with Crippen molar-refractivity contribution in [2.75, 3.05) is 5.32 Å². The van der Waals surface area contributed by atoms with Gasteiger partial charge in [0.1, 0.15) is 0 Å². The van der Waals surface area contributed by atoms with Gasteiger partial charge in [0.2, 0.25) is 0 Å². The summed E-state index contributed by atoms with van der Waals surface area (Å²) < 4.78 is 40.7. The van der Waals surface area contributed by atoms with Gasteiger partial charge in [-0.15, -0.1) is 11.3 Å². The lowest BCUT2D eigenvalue weighted by Gasteiger charge is -2.15. The molecule has 0 bridgehead atoms. The first-order valence-corrected chi connectivity index (χ1v) is 8.16. The highest BCUT2D eigenvalue weighted by Crippen LogP contribution is 2.34. The van der Waals surface area contributed by atoms with Gasteiger partial charge in [0.15, 0.2) is 4.47 Å². The van der Waals surface area contributed by atoms with Crippen LogP contribution in [0.25, 0.3) is 5.69 Å². The molecule has 0 aliphatic rings. The molecule has 126 valence electrons. The van der Waals surface area contributed by atoms with Crippen molar-refractivity contribution in [3.63, 3.8) is 0 Å². The first kappa shape index (κ1) is 17.1. The summed E-state index contributed by atoms with van der Waals surface area (Å²) in [5.41, 5.74) is -0.0334. The molecule has 3 aromatic rings. The summed E-state index contributed by atoms with van der Waals surface area (Å²) in [6.45, 7) is 0.285. The summed E-state index contributed by atoms with van der Waals surface area (Å²) in [6.07, 6.45) is 0.0491. The molecule has 1 aromatic carbocycles. The number of hydrogen-bond donors (Lipinski definition) is 1. The predicted molar refractivity (Wildman–Crippen MR) is 88.0 cm³/mol. The van der Waals surface area contributed by atoms with E-state index in [0.29, 0.717) is 15.2 Å². The van der Waals surface area contributed by atoms with Gasteiger partial charge in [-0.1, -0.05) is 23.2 Å². The third-order valence-corrected chi connectivity index (χ3v) is 4.41. The van der Waals surface area contributed by atoms with Crippen LogP contribution in [0, 0.1) is 0 Å². The number of benzene rings is 1. The second kappa shape index (κ2) is 6.62. The average molecular weight is 393 g/mol. The maximum absolute atomic E-state index is 13.0. The van der Waals surface area contributed by atoms with Gasteiger partial charge in [0, 0.05) is 17.3 Å². The van der Waals surface area contributed by atoms with Gasteiger partial charge in [0.25, 0.3) is 0 Å². The van der Waals surface area contributed by atoms with Crippen LogP contribution >= 0.6 is 34.5 Å². The molecule has 10 heteroatoms. The predicted octanol–water partition coefficient (Wildman–Crippen LogP) is 5.27. The van der Waals surface area contributed by atoms with Crippen molar-refractivity contribution in [3.8, 4) is 5.69 Å². The lowest BCUT2D eigenvalue weighted by Crippen LogP contribution is -2.09. The molecule has 0 aliphatic heterocycles. The van der Waals surface area contributed by atoms with Gasteiger partial charge >= 0.3 is 6.18 Å². The molecule has 3 rings (SSSR count). The van der Waals surface area contributed by atoms with E-state index in [1.807, 2.05) is 0 Å². The average Bonchev–Trinajstić information content (AvgIpc) is 3.12. The van der Waals surface area contributed by atoms with Gasteiger partial charge in [-0.25, -0.2) is 9.67 Å². The Bertz CT molecular complexity index is 860. The summed E-state index contributed by atoms with van der Waals surface area (Å²) in [4.78, 5) is 4.69. The summed E-state index contributed by atoms with van der Waals surface area (Å²) in [6, 6.07) is 3.38. The first-order chi connectivity index (χ1) is 11.3. The van der Waals surface area contributed by atoms with E-state index >= 15 is 0 Å². The molecule has 0 saturated carbocycles. The number of aromatic nitrogens is 3. The number of anilines is 1. The van der Waals surface area contributed by atoms with Crippen LogP contribution in [0.2, 0.25) is 9.49 Å². The Morgan fingerprint density at radius 3 is 2.58 bits per heavy atom. The normalized spacial score (nSPS) is 11.7. The SMILES string of the molecule is FC(F)(F)c1ccc(-n2cc(Cl)cn2)c(NCc2cnc(Cl)s2)c1. The van der Waals surface area contributed by atoms with Gasteiger partial charge in [-0.3, -0.25) is 0 Å². The lowest BCUT2D eigenvalue weighted by atomic mass is 10.1. The van der Waals surface area contributed by atoms with Crippen LogP contribution in [0.1, 0.15) is 10.4 Å². The zero-order chi connectivity index (χ0) is 17.3. The van der Waals surface area contributed by atoms with Crippen molar-refractivity contribution in [2.24, 2.45) is 0 Å². The van der Waals surface area contributed by atoms with E-state index in [0.717, 1.165) is 17.0 Å². The molecule has 0 unspecified atom stereocenters. The van der Waals surface area contributed by atoms with Crippen molar-refractivity contribution in [1.29, 1.82) is 0 Å². The first-order valence-electron chi connectivity index (χ1n) is 6.59. The van der Waals surface area contributed by atoms with Crippen LogP contribution in [0.5, 0.6) is 0 Å². The molecule has 1 N–H and O–H groups in total. The lowest BCUT2D eigenvalue weighted by molar-refractivity contribution is -0.137. The number of rotatable bonds is 4. The molecule has 0 saturated heterocycles. The van der Waals surface area contributed by atoms with Crippen molar-refractivity contribution in [3.05, 3.63) is 56.7 Å². The molecule has 0 radical (unpaired) electrons. The molecular formula is C14H9Cl2F3N4S. The molecular weight excluding hydrogens is 384 g/mol. The van der Waals surface area contributed by atoms with Crippen molar-refractivity contribution in [2.45, 2.75) is 12.7 Å². The highest BCUT2D eigenvalue weighted by Gasteiger charge is 2.31. The van der Waals surface area contributed by atoms with Crippen LogP contribution in [0.4, 0.5) is 18.9 Å². The molecule has 2 heterocycles. The van der Waals surface area contributed by atoms with Crippen LogP contribution in [-0.4, -0.2) is 14.8 Å². The van der Waals surface area contributed by atoms with Crippen LogP contribution < -0.4 is 5.32 Å². The van der Waals surface area contributed by atoms with E-state index in [9.17, 15) is 13.2 Å². The molecule has 0 amide bonds. The molecule has 0 fully saturated rings. The monoisotopic (exact) mass is 392 g/mol. The zero-order valence-corrected chi connectivity index (χ0v) is 14.1. The fourth-order valence-corrected chi connectivity index (χ4v) is 3.09. The van der Waals surface area contributed by atoms with E-state index in [1.165, 1.54) is 34.5 Å². The van der Waals surface area contributed by atoms with E-state index < -0.39 is 11.7 Å². The zero-order valence-electron chi connectivity index (χ0n) is 11.8. The van der Waals surface area contributed by atoms with Crippen molar-refractivity contribution < 1.29 is 13.2 Å². The Balaban J connectivity index is 1.95. The largest absolute Gasteiger partial charge is 0.416 e. The Labute approximate surface area is 148 Å². The number of halogens is 5. The Hall–Kier alpha value is -1.77. The fraction of sp³-hybridized carbons (Fsp3) is 0.143. The quantitative estimate of drug-likeness (QED) is 0.657. The summed E-state index contributed by atoms with van der Waals surface area (Å²) >= 11 is 12.8. The number of nitrogens with one attached hydrogen (secondary N) is 1. The van der Waals surface area contributed by atoms with Crippen molar-refractivity contribution in [1.82, 2.24) is 14.8 Å². The molecule has 0 atom stereocenters. The van der Waals surface area contributed by atoms with Crippen molar-refractivity contribution >= 4 is 40.2 Å². The summed E-state index contributed by atoms with van der Waals surface area (Å²) in [7, 11) is 0. The smallest absolute Gasteiger partial charge is 0.378 e. The molecule has 0 aliphatic carbocycles. The fourth-order valence-electron chi connectivity index (χ4n) is 2.03. The number of thiazole rings is 1. The summed E-state index contributed by atoms with van der Waals surface area (Å²) in [5, 5.41) is 7.39. The van der Waals surface area contributed by atoms with E-state index in [1.54, 1.807) is 6.20 Å². The maximum Gasteiger partial charge on any atom is 0.416 e. The van der Waals surface area contributed by atoms with Gasteiger partial charge in [-0.2, -0.15) is 18.3 Å². The highest BCUT2D eigenvalue weighted by atomic mass is 35.5. The topological polar surface area (TPSA) is 42.7 Å². The minimum atomic E-state index is -4.44. The standard InChI is InChI=1S/C14H9Cl2F3N4S/c15-9-4-22-23(7-9)12-2-1-8(14(17,18)19)3-11(12)20-5-10-6-21-13(16)24-10/h1-4,6-7,20H,5H2. The number of hydrogen-bond acceptors (Lipinski definition) is 4. The van der Waals surface area contributed by atoms with E-state index in [2.05, 4.69) is 15.4 Å². The van der Waals surface area contributed by atoms with Crippen LogP contribution in [0.15, 0.2) is 36.8 Å². The Kier molecular flexibility index (Phi) is 4.71. The maximum atomic E-state index is 13.0. The minimum Gasteiger partial charge on any atom is -0.378 e. The highest BCUT2D eigenvalue weighted by molar-refractivity contribution is 7.15. The third-order valence-electron chi connectivity index (χ3n) is 3.10. The Morgan fingerprint density at radius 1 is 1.21 bits per heavy atom. The molecule has 0 spiro atoms. The molecule has 2 aromatic heterocycles. The van der Waals surface area contributed by atoms with E-state index in [-0.39, 0.29) is 12.2 Å². The minimum absolute atomic E-state index is 0.272. The number of alkyl halides is 3. The van der Waals surface area contributed by atoms with Gasteiger partial charge < -0.3 is 5.32 Å². The van der Waals surface area contributed by atoms with Gasteiger partial charge in [0.05, 0.1) is 34.7 Å². The van der Waals surface area contributed by atoms with Crippen LogP contribution in [-0.2, 0) is 12.7 Å². The van der Waals surface area contributed by atoms with E-state index in [4.69, 9.17) is 23.2 Å². The summed E-state index contributed by atoms with van der Waals surface area (Å²) in [5.74, 6) is 0. The van der Waals surface area contributed by atoms with Gasteiger partial charge in [-0.05, 0) is 18.2 Å². The Morgan fingerprint density at radius 2 is 2.00 bits per heavy atom. The molecule has 4 nitrogen and oxygen atoms in total. The third kappa shape index (κ3) is 3.82.